The number of aliphatic imine (C=N–C) groups is 3. The van der Waals surface area contributed by atoms with Crippen molar-refractivity contribution in [1.82, 2.24) is 79.8 Å². The lowest BCUT2D eigenvalue weighted by molar-refractivity contribution is -0.140. The number of amides is 12. The van der Waals surface area contributed by atoms with E-state index in [4.69, 9.17) is 17.2 Å². The number of nitrogens with one attached hydrogen (secondary N) is 15. The maximum absolute atomic E-state index is 13.7. The van der Waals surface area contributed by atoms with E-state index in [1.807, 2.05) is 112 Å². The standard InChI is InChI=1S/2C31H41N7O6.C30H39N7O6/c1-19(2)15-24(27(40)34-22(18-39)16-20-9-5-3-6-10-20)35-28(41)26(23-13-14-33-30(32)36-23)38-31(44)37-25(29(42)43)17-21-11-7-4-8-12-21;1-3-19(2)25(27(40)34-22(18-39)16-20-10-6-4-7-11-20)37-28(41)26(23-14-15-33-30(32)35-23)38-31(44)36-24(29(42)43)17-21-12-8-5-9-13-21;1-18(2)24(26(39)33-21(17-38)15-19-9-5-3-6-10-19)36-27(40)25(22-13-14-32-29(31)34-22)37-30(43)35-23(28(41)42)16-20-11-7-4-8-12-20/h3-12,18-19,22-26H,13-17H2,1-2H3,(H,34,40)(H,35,41)(H,42,43)(H3,32,33,36)(H2,37,38,44);4-13,18-19,22-26H,3,14-17H2,1-2H3,(H,34,40)(H,37,41)(H,42,43)(H3,32,33,35)(H2,36,38,44);3-12,17-18,21-25H,13-16H2,1-2H3,(H,33,39)(H,36,40)(H,41,42)(H3,31,32,34)(H2,35,37,43)/t22-,23?,24-,25-,26-;19?,22-,23?,24-,25-,26-;21-,22?,23-,24-,25-/m000/s1. The van der Waals surface area contributed by atoms with Crippen LogP contribution in [0.2, 0.25) is 0 Å². The molecule has 12 amide bonds. The number of carbonyl (C=O) groups is 15. The molecule has 3 aliphatic heterocycles. The number of carbonyl (C=O) groups excluding carboxylic acids is 12. The first-order chi connectivity index (χ1) is 62.7. The minimum absolute atomic E-state index is 0.00513. The van der Waals surface area contributed by atoms with Gasteiger partial charge in [-0.2, -0.15) is 0 Å². The van der Waals surface area contributed by atoms with E-state index in [2.05, 4.69) is 94.7 Å². The summed E-state index contributed by atoms with van der Waals surface area (Å²) in [4.78, 5) is 204. The summed E-state index contributed by atoms with van der Waals surface area (Å²) in [6, 6.07) is 36.2. The summed E-state index contributed by atoms with van der Waals surface area (Å²) < 4.78 is 0. The van der Waals surface area contributed by atoms with Gasteiger partial charge in [0.15, 0.2) is 17.9 Å². The number of hydrogen-bond donors (Lipinski definition) is 21. The molecule has 702 valence electrons. The van der Waals surface area contributed by atoms with Gasteiger partial charge in [0.25, 0.3) is 0 Å². The van der Waals surface area contributed by atoms with Crippen molar-refractivity contribution in [1.29, 1.82) is 0 Å². The molecule has 0 spiro atoms. The fraction of sp³-hybridized carbons (Fsp3) is 0.413. The molecule has 39 heteroatoms. The number of rotatable bonds is 44. The Bertz CT molecular complexity index is 4850. The highest BCUT2D eigenvalue weighted by Gasteiger charge is 2.41. The summed E-state index contributed by atoms with van der Waals surface area (Å²) in [7, 11) is 0. The van der Waals surface area contributed by atoms with Crippen molar-refractivity contribution in [3.8, 4) is 0 Å². The normalized spacial score (nSPS) is 17.3. The van der Waals surface area contributed by atoms with Crippen molar-refractivity contribution < 1.29 is 87.2 Å². The van der Waals surface area contributed by atoms with E-state index in [9.17, 15) is 87.2 Å². The molecule has 3 heterocycles. The maximum Gasteiger partial charge on any atom is 0.326 e. The zero-order chi connectivity index (χ0) is 95.5. The molecular formula is C92H121N21O18. The van der Waals surface area contributed by atoms with E-state index >= 15 is 0 Å². The molecule has 0 aliphatic carbocycles. The number of aldehydes is 3. The van der Waals surface area contributed by atoms with E-state index in [0.29, 0.717) is 67.8 Å². The number of nitrogens with zero attached hydrogens (tertiary/aromatic N) is 3. The molecule has 16 atom stereocenters. The van der Waals surface area contributed by atoms with Crippen LogP contribution >= 0.6 is 0 Å². The van der Waals surface area contributed by atoms with Crippen molar-refractivity contribution in [2.45, 2.75) is 203 Å². The van der Waals surface area contributed by atoms with Crippen LogP contribution < -0.4 is 97.0 Å². The minimum atomic E-state index is -1.27. The first-order valence-electron chi connectivity index (χ1n) is 43.2. The van der Waals surface area contributed by atoms with E-state index in [-0.39, 0.29) is 93.7 Å². The molecule has 9 rings (SSSR count). The zero-order valence-electron chi connectivity index (χ0n) is 73.9. The number of carboxylic acid groups (broad SMARTS) is 3. The van der Waals surface area contributed by atoms with Crippen LogP contribution in [0.25, 0.3) is 0 Å². The molecule has 0 saturated carbocycles. The summed E-state index contributed by atoms with van der Waals surface area (Å²) in [5.74, 6) is -7.93. The summed E-state index contributed by atoms with van der Waals surface area (Å²) in [5.41, 5.74) is 22.2. The third-order valence-corrected chi connectivity index (χ3v) is 21.5. The van der Waals surface area contributed by atoms with Crippen LogP contribution in [-0.2, 0) is 96.1 Å². The van der Waals surface area contributed by atoms with Crippen LogP contribution in [0.3, 0.4) is 0 Å². The van der Waals surface area contributed by atoms with Crippen LogP contribution in [0.15, 0.2) is 197 Å². The van der Waals surface area contributed by atoms with E-state index in [0.717, 1.165) is 16.7 Å². The summed E-state index contributed by atoms with van der Waals surface area (Å²) in [5, 5.41) is 69.1. The lowest BCUT2D eigenvalue weighted by Crippen LogP contribution is -2.65. The van der Waals surface area contributed by atoms with Gasteiger partial charge >= 0.3 is 36.0 Å². The Kier molecular flexibility index (Phi) is 42.3. The highest BCUT2D eigenvalue weighted by molar-refractivity contribution is 5.98. The van der Waals surface area contributed by atoms with E-state index in [1.165, 1.54) is 0 Å². The molecule has 0 fully saturated rings. The predicted molar refractivity (Wildman–Crippen MR) is 489 cm³/mol. The number of urea groups is 3. The van der Waals surface area contributed by atoms with Gasteiger partial charge < -0.3 is 127 Å². The molecule has 0 bridgehead atoms. The fourth-order valence-electron chi connectivity index (χ4n) is 14.4. The lowest BCUT2D eigenvalue weighted by atomic mass is 9.96. The summed E-state index contributed by atoms with van der Waals surface area (Å²) >= 11 is 0. The molecule has 6 aromatic carbocycles. The molecule has 3 aliphatic rings. The van der Waals surface area contributed by atoms with E-state index < -0.39 is 162 Å². The van der Waals surface area contributed by atoms with Gasteiger partial charge in [-0.15, -0.1) is 0 Å². The first kappa shape index (κ1) is 103. The fourth-order valence-corrected chi connectivity index (χ4v) is 14.4. The molecule has 0 aromatic heterocycles. The maximum atomic E-state index is 13.7. The van der Waals surface area contributed by atoms with Crippen molar-refractivity contribution >= 4 is 108 Å². The first-order valence-corrected chi connectivity index (χ1v) is 43.2. The van der Waals surface area contributed by atoms with Crippen LogP contribution in [0.5, 0.6) is 0 Å². The van der Waals surface area contributed by atoms with Crippen molar-refractivity contribution in [3.05, 3.63) is 215 Å². The van der Waals surface area contributed by atoms with Gasteiger partial charge in [0.2, 0.25) is 35.4 Å². The van der Waals surface area contributed by atoms with Gasteiger partial charge in [0, 0.05) is 38.9 Å². The second kappa shape index (κ2) is 53.7. The number of carboxylic acids is 3. The monoisotopic (exact) mass is 1810 g/mol. The van der Waals surface area contributed by atoms with Crippen molar-refractivity contribution in [2.75, 3.05) is 19.6 Å². The number of hydrogen-bond acceptors (Lipinski definition) is 24. The Balaban J connectivity index is 0.000000269. The number of nitrogens with two attached hydrogens (primary N) is 3. The minimum Gasteiger partial charge on any atom is -0.480 e. The molecule has 131 heavy (non-hydrogen) atoms. The largest absolute Gasteiger partial charge is 0.480 e. The highest BCUT2D eigenvalue weighted by atomic mass is 16.4. The van der Waals surface area contributed by atoms with Crippen LogP contribution in [0.4, 0.5) is 14.4 Å². The molecule has 4 unspecified atom stereocenters. The average molecular weight is 1810 g/mol. The number of guanidine groups is 3. The Hall–Kier alpha value is -14.8. The summed E-state index contributed by atoms with van der Waals surface area (Å²) in [6.45, 7) is 11.8. The van der Waals surface area contributed by atoms with Crippen LogP contribution in [0, 0.1) is 17.8 Å². The summed E-state index contributed by atoms with van der Waals surface area (Å²) in [6.07, 6.45) is 4.63. The third kappa shape index (κ3) is 35.7. The van der Waals surface area contributed by atoms with Gasteiger partial charge in [-0.3, -0.25) is 43.7 Å². The number of aliphatic carboxylic acids is 3. The van der Waals surface area contributed by atoms with Gasteiger partial charge in [-0.05, 0) is 96.1 Å². The second-order valence-corrected chi connectivity index (χ2v) is 32.6. The Morgan fingerprint density at radius 1 is 0.344 bits per heavy atom. The van der Waals surface area contributed by atoms with Crippen molar-refractivity contribution in [2.24, 2.45) is 49.9 Å². The molecular weight excluding hydrogens is 1690 g/mol. The van der Waals surface area contributed by atoms with Crippen LogP contribution in [0.1, 0.15) is 107 Å². The Labute approximate surface area is 759 Å². The predicted octanol–water partition coefficient (Wildman–Crippen LogP) is 1.06. The smallest absolute Gasteiger partial charge is 0.326 e. The molecule has 0 saturated heterocycles. The van der Waals surface area contributed by atoms with Gasteiger partial charge in [-0.25, -0.2) is 28.8 Å². The highest BCUT2D eigenvalue weighted by Crippen LogP contribution is 2.18. The second-order valence-electron chi connectivity index (χ2n) is 32.6. The quantitative estimate of drug-likeness (QED) is 0.0238. The lowest BCUT2D eigenvalue weighted by Gasteiger charge is -2.33. The zero-order valence-corrected chi connectivity index (χ0v) is 73.9. The average Bonchev–Trinajstić information content (AvgIpc) is 0.833. The Morgan fingerprint density at radius 2 is 0.603 bits per heavy atom. The van der Waals surface area contributed by atoms with Gasteiger partial charge in [0.1, 0.15) is 73.2 Å². The van der Waals surface area contributed by atoms with Crippen molar-refractivity contribution in [3.63, 3.8) is 0 Å². The van der Waals surface area contributed by atoms with Crippen LogP contribution in [-0.4, -0.2) is 234 Å². The molecule has 24 N–H and O–H groups in total. The molecule has 39 nitrogen and oxygen atoms in total. The van der Waals surface area contributed by atoms with E-state index in [1.54, 1.807) is 112 Å². The Morgan fingerprint density at radius 3 is 0.855 bits per heavy atom. The van der Waals surface area contributed by atoms with Gasteiger partial charge in [0.05, 0.1) is 36.3 Å². The molecule has 0 radical (unpaired) electrons. The number of benzene rings is 6. The SMILES string of the molecule is CC(C)C[C@H](NC(=O)[C@@H](NC(=O)N[C@@H](Cc1ccccc1)C(=O)O)C1CCN=C(N)N1)C(=O)N[C@H](C=O)Cc1ccccc1.CC(C)[C@H](NC(=O)[C@@H](NC(=O)N[C@@H](Cc1ccccc1)C(=O)O)C1CCN=C(N)N1)C(=O)N[C@H](C=O)Cc1ccccc1.CCC(C)[C@H](NC(=O)[C@@H](NC(=O)N[C@@H](Cc1ccccc1)C(=O)O)C1CCN=C(N)N1)C(=O)N[C@H](C=O)Cc1ccccc1. The molecule has 6 aromatic rings. The topological polar surface area (TPSA) is 612 Å². The third-order valence-electron chi connectivity index (χ3n) is 21.5. The van der Waals surface area contributed by atoms with Gasteiger partial charge in [-0.1, -0.05) is 230 Å².